The molecule has 12 heteroatoms. The molecule has 0 radical (unpaired) electrons. The topological polar surface area (TPSA) is 129 Å². The van der Waals surface area contributed by atoms with E-state index < -0.39 is 23.6 Å². The molecule has 2 aliphatic heterocycles. The van der Waals surface area contributed by atoms with Crippen LogP contribution in [0.15, 0.2) is 23.2 Å². The van der Waals surface area contributed by atoms with Gasteiger partial charge in [-0.1, -0.05) is 11.3 Å². The third-order valence-electron chi connectivity index (χ3n) is 5.64. The Hall–Kier alpha value is -2.96. The second-order valence-corrected chi connectivity index (χ2v) is 9.20. The minimum absolute atomic E-state index is 0.0682. The van der Waals surface area contributed by atoms with Gasteiger partial charge in [-0.25, -0.2) is 13.8 Å². The number of amides is 1. The van der Waals surface area contributed by atoms with Gasteiger partial charge in [0.2, 0.25) is 0 Å². The Kier molecular flexibility index (Phi) is 7.80. The van der Waals surface area contributed by atoms with Crippen LogP contribution in [0.2, 0.25) is 0 Å². The first-order valence-corrected chi connectivity index (χ1v) is 11.9. The van der Waals surface area contributed by atoms with Crippen molar-refractivity contribution in [3.8, 4) is 10.6 Å². The summed E-state index contributed by atoms with van der Waals surface area (Å²) >= 11 is 0.897. The molecule has 2 aromatic rings. The zero-order chi connectivity index (χ0) is 24.1. The zero-order valence-electron chi connectivity index (χ0n) is 18.5. The lowest BCUT2D eigenvalue weighted by atomic mass is 10.1. The molecular weight excluding hydrogens is 464 g/mol. The van der Waals surface area contributed by atoms with Gasteiger partial charge in [-0.3, -0.25) is 9.79 Å². The number of hydrogen-bond donors (Lipinski definition) is 4. The molecule has 5 N–H and O–H groups in total. The fourth-order valence-electron chi connectivity index (χ4n) is 3.74. The highest BCUT2D eigenvalue weighted by Gasteiger charge is 2.27. The smallest absolute Gasteiger partial charge is 0.273 e. The van der Waals surface area contributed by atoms with E-state index in [1.54, 1.807) is 0 Å². The first-order chi connectivity index (χ1) is 16.5. The normalized spacial score (nSPS) is 18.2. The molecule has 0 bridgehead atoms. The van der Waals surface area contributed by atoms with E-state index >= 15 is 0 Å². The molecule has 0 spiro atoms. The fraction of sp³-hybridized carbons (Fsp3) is 0.455. The molecule has 182 valence electrons. The van der Waals surface area contributed by atoms with Gasteiger partial charge in [0.15, 0.2) is 5.69 Å². The average Bonchev–Trinajstić information content (AvgIpc) is 2.99. The Bertz CT molecular complexity index is 1070. The molecule has 2 saturated heterocycles. The molecule has 3 heterocycles. The van der Waals surface area contributed by atoms with Gasteiger partial charge >= 0.3 is 0 Å². The summed E-state index contributed by atoms with van der Waals surface area (Å²) in [5.74, 6) is -0.976. The number of ether oxygens (including phenoxy) is 1. The summed E-state index contributed by atoms with van der Waals surface area (Å²) in [7, 11) is 0. The fourth-order valence-corrected chi connectivity index (χ4v) is 4.59. The van der Waals surface area contributed by atoms with Crippen molar-refractivity contribution < 1.29 is 18.3 Å². The number of carbonyl (C=O) groups is 1. The van der Waals surface area contributed by atoms with Crippen molar-refractivity contribution in [1.29, 1.82) is 5.41 Å². The lowest BCUT2D eigenvalue weighted by Crippen LogP contribution is -2.51. The van der Waals surface area contributed by atoms with Crippen LogP contribution < -0.4 is 16.4 Å². The van der Waals surface area contributed by atoms with Crippen LogP contribution in [0, 0.1) is 23.0 Å². The standard InChI is InChI=1S/C22H27F2N7O2S/c23-14-2-3-16(24)15(8-14)22-30-18(19(26)34-22)21(32)29-17(9-25)20(28-10-13-11-33-12-13)31-6-1-4-27-5-7-31/h2-3,8-9,13,17,25,27H,1,4-7,10-12,26H2,(H,29,32). The predicted molar refractivity (Wildman–Crippen MR) is 128 cm³/mol. The summed E-state index contributed by atoms with van der Waals surface area (Å²) in [5.41, 5.74) is 5.84. The van der Waals surface area contributed by atoms with Gasteiger partial charge in [-0.05, 0) is 31.2 Å². The van der Waals surface area contributed by atoms with Crippen molar-refractivity contribution >= 4 is 34.3 Å². The summed E-state index contributed by atoms with van der Waals surface area (Å²) in [6.07, 6.45) is 2.04. The SMILES string of the molecule is N=CC(NC(=O)c1nc(-c2cc(F)ccc2F)sc1N)C(=NCC1COC1)N1CCCNCC1. The average molecular weight is 492 g/mol. The molecule has 9 nitrogen and oxygen atoms in total. The number of benzene rings is 1. The van der Waals surface area contributed by atoms with Gasteiger partial charge in [0.1, 0.15) is 33.5 Å². The summed E-state index contributed by atoms with van der Waals surface area (Å²) < 4.78 is 33.0. The second-order valence-electron chi connectivity index (χ2n) is 8.17. The van der Waals surface area contributed by atoms with Gasteiger partial charge in [0, 0.05) is 43.9 Å². The van der Waals surface area contributed by atoms with Crippen LogP contribution in [0.25, 0.3) is 10.6 Å². The Labute approximate surface area is 199 Å². The number of nitrogens with one attached hydrogen (secondary N) is 3. The number of thiazole rings is 1. The minimum atomic E-state index is -0.790. The van der Waals surface area contributed by atoms with Gasteiger partial charge in [0.05, 0.1) is 13.2 Å². The molecular formula is C22H27F2N7O2S. The summed E-state index contributed by atoms with van der Waals surface area (Å²) in [6, 6.07) is 2.23. The van der Waals surface area contributed by atoms with Crippen molar-refractivity contribution in [3.05, 3.63) is 35.5 Å². The summed E-state index contributed by atoms with van der Waals surface area (Å²) in [4.78, 5) is 24.1. The molecule has 2 fully saturated rings. The third-order valence-corrected chi connectivity index (χ3v) is 6.56. The van der Waals surface area contributed by atoms with Gasteiger partial charge in [-0.15, -0.1) is 0 Å². The Morgan fingerprint density at radius 2 is 2.24 bits per heavy atom. The highest BCUT2D eigenvalue weighted by Crippen LogP contribution is 2.32. The zero-order valence-corrected chi connectivity index (χ0v) is 19.3. The molecule has 0 aliphatic carbocycles. The lowest BCUT2D eigenvalue weighted by molar-refractivity contribution is -0.0266. The van der Waals surface area contributed by atoms with Crippen LogP contribution in [0.1, 0.15) is 16.9 Å². The van der Waals surface area contributed by atoms with E-state index in [9.17, 15) is 13.6 Å². The van der Waals surface area contributed by atoms with Crippen molar-refractivity contribution in [3.63, 3.8) is 0 Å². The number of nitrogens with two attached hydrogens (primary N) is 1. The van der Waals surface area contributed by atoms with E-state index in [4.69, 9.17) is 20.9 Å². The number of aliphatic imine (C=N–C) groups is 1. The van der Waals surface area contributed by atoms with Crippen LogP contribution >= 0.6 is 11.3 Å². The highest BCUT2D eigenvalue weighted by atomic mass is 32.1. The van der Waals surface area contributed by atoms with E-state index in [-0.39, 0.29) is 21.3 Å². The van der Waals surface area contributed by atoms with Gasteiger partial charge in [-0.2, -0.15) is 0 Å². The van der Waals surface area contributed by atoms with Crippen LogP contribution in [-0.4, -0.2) is 79.8 Å². The maximum atomic E-state index is 14.2. The number of rotatable bonds is 7. The molecule has 2 aliphatic rings. The summed E-state index contributed by atoms with van der Waals surface area (Å²) in [5, 5.41) is 14.3. The Morgan fingerprint density at radius 1 is 1.41 bits per heavy atom. The number of anilines is 1. The molecule has 1 aromatic heterocycles. The summed E-state index contributed by atoms with van der Waals surface area (Å²) in [6.45, 7) is 4.93. The van der Waals surface area contributed by atoms with E-state index in [1.165, 1.54) is 0 Å². The van der Waals surface area contributed by atoms with E-state index in [2.05, 4.69) is 20.5 Å². The van der Waals surface area contributed by atoms with Crippen molar-refractivity contribution in [2.24, 2.45) is 10.9 Å². The molecule has 0 saturated carbocycles. The number of amidine groups is 1. The van der Waals surface area contributed by atoms with Crippen molar-refractivity contribution in [2.45, 2.75) is 12.5 Å². The molecule has 4 rings (SSSR count). The van der Waals surface area contributed by atoms with E-state index in [0.29, 0.717) is 38.1 Å². The number of nitrogen functional groups attached to an aromatic ring is 1. The number of carbonyl (C=O) groups excluding carboxylic acids is 1. The maximum Gasteiger partial charge on any atom is 0.273 e. The van der Waals surface area contributed by atoms with Crippen LogP contribution in [0.3, 0.4) is 0 Å². The number of aromatic nitrogens is 1. The second kappa shape index (κ2) is 11.0. The molecule has 1 aromatic carbocycles. The number of nitrogens with zero attached hydrogens (tertiary/aromatic N) is 3. The first-order valence-electron chi connectivity index (χ1n) is 11.1. The predicted octanol–water partition coefficient (Wildman–Crippen LogP) is 1.76. The van der Waals surface area contributed by atoms with E-state index in [1.807, 2.05) is 0 Å². The Morgan fingerprint density at radius 3 is 2.97 bits per heavy atom. The van der Waals surface area contributed by atoms with Gasteiger partial charge in [0.25, 0.3) is 5.91 Å². The minimum Gasteiger partial charge on any atom is -0.389 e. The third kappa shape index (κ3) is 5.57. The van der Waals surface area contributed by atoms with Crippen LogP contribution in [-0.2, 0) is 4.74 Å². The quantitative estimate of drug-likeness (QED) is 0.345. The number of hydrogen-bond acceptors (Lipinski definition) is 8. The van der Waals surface area contributed by atoms with Crippen LogP contribution in [0.5, 0.6) is 0 Å². The lowest BCUT2D eigenvalue weighted by Gasteiger charge is -2.30. The largest absolute Gasteiger partial charge is 0.389 e. The van der Waals surface area contributed by atoms with E-state index in [0.717, 1.165) is 61.8 Å². The number of halogens is 2. The molecule has 1 amide bonds. The van der Waals surface area contributed by atoms with Gasteiger partial charge < -0.3 is 31.4 Å². The van der Waals surface area contributed by atoms with Crippen LogP contribution in [0.4, 0.5) is 13.8 Å². The monoisotopic (exact) mass is 491 g/mol. The highest BCUT2D eigenvalue weighted by molar-refractivity contribution is 7.19. The van der Waals surface area contributed by atoms with Crippen molar-refractivity contribution in [1.82, 2.24) is 20.5 Å². The maximum absolute atomic E-state index is 14.2. The molecule has 34 heavy (non-hydrogen) atoms. The Balaban J connectivity index is 1.55. The molecule has 1 atom stereocenters. The first kappa shape index (κ1) is 24.2. The van der Waals surface area contributed by atoms with Crippen molar-refractivity contribution in [2.75, 3.05) is 51.7 Å². The molecule has 1 unspecified atom stereocenters.